The quantitative estimate of drug-likeness (QED) is 0.912. The van der Waals surface area contributed by atoms with Gasteiger partial charge in [-0.2, -0.15) is 0 Å². The predicted molar refractivity (Wildman–Crippen MR) is 70.6 cm³/mol. The zero-order chi connectivity index (χ0) is 14.7. The van der Waals surface area contributed by atoms with Gasteiger partial charge in [0.05, 0.1) is 16.3 Å². The monoisotopic (exact) mass is 294 g/mol. The Balaban J connectivity index is 2.17. The number of pyridine rings is 1. The van der Waals surface area contributed by atoms with E-state index in [9.17, 15) is 14.0 Å². The van der Waals surface area contributed by atoms with Crippen molar-refractivity contribution in [3.63, 3.8) is 0 Å². The number of aromatic nitrogens is 1. The number of rotatable bonds is 3. The molecule has 0 saturated carbocycles. The molecule has 0 aliphatic rings. The van der Waals surface area contributed by atoms with Gasteiger partial charge in [0, 0.05) is 6.20 Å². The lowest BCUT2D eigenvalue weighted by molar-refractivity contribution is 0.0696. The predicted octanol–water partition coefficient (Wildman–Crippen LogP) is 2.82. The number of amides is 1. The Morgan fingerprint density at radius 3 is 2.55 bits per heavy atom. The fourth-order valence-corrected chi connectivity index (χ4v) is 1.65. The van der Waals surface area contributed by atoms with E-state index in [4.69, 9.17) is 16.7 Å². The van der Waals surface area contributed by atoms with E-state index >= 15 is 0 Å². The first kappa shape index (κ1) is 14.0. The van der Waals surface area contributed by atoms with Crippen molar-refractivity contribution in [2.24, 2.45) is 0 Å². The summed E-state index contributed by atoms with van der Waals surface area (Å²) in [4.78, 5) is 26.2. The summed E-state index contributed by atoms with van der Waals surface area (Å²) in [6.45, 7) is 0. The van der Waals surface area contributed by atoms with Crippen LogP contribution in [0.3, 0.4) is 0 Å². The number of aromatic carboxylic acids is 1. The highest BCUT2D eigenvalue weighted by Crippen LogP contribution is 2.22. The fourth-order valence-electron chi connectivity index (χ4n) is 1.43. The second-order valence-corrected chi connectivity index (χ2v) is 4.22. The van der Waals surface area contributed by atoms with Gasteiger partial charge in [-0.15, -0.1) is 0 Å². The Hall–Kier alpha value is -2.47. The van der Waals surface area contributed by atoms with Crippen molar-refractivity contribution >= 4 is 29.2 Å². The zero-order valence-electron chi connectivity index (χ0n) is 9.93. The Morgan fingerprint density at radius 1 is 1.25 bits per heavy atom. The molecule has 0 bridgehead atoms. The summed E-state index contributed by atoms with van der Waals surface area (Å²) in [5, 5.41) is 11.2. The standard InChI is InChI=1S/C13H8ClFN2O3/c14-9-5-8(15)2-4-10(9)17-12(18)11-3-1-7(6-16-11)13(19)20/h1-6H,(H,17,18)(H,19,20). The summed E-state index contributed by atoms with van der Waals surface area (Å²) < 4.78 is 12.9. The number of anilines is 1. The van der Waals surface area contributed by atoms with Crippen LogP contribution in [0.15, 0.2) is 36.5 Å². The molecular formula is C13H8ClFN2O3. The third-order valence-electron chi connectivity index (χ3n) is 2.42. The van der Waals surface area contributed by atoms with Gasteiger partial charge >= 0.3 is 5.97 Å². The van der Waals surface area contributed by atoms with Gasteiger partial charge in [0.25, 0.3) is 5.91 Å². The van der Waals surface area contributed by atoms with Crippen LogP contribution in [0.5, 0.6) is 0 Å². The average Bonchev–Trinajstić information content (AvgIpc) is 2.42. The Labute approximate surface area is 118 Å². The van der Waals surface area contributed by atoms with E-state index in [0.717, 1.165) is 18.3 Å². The molecule has 0 spiro atoms. The highest BCUT2D eigenvalue weighted by atomic mass is 35.5. The minimum absolute atomic E-state index is 0.0235. The van der Waals surface area contributed by atoms with Crippen molar-refractivity contribution in [1.29, 1.82) is 0 Å². The number of carbonyl (C=O) groups is 2. The van der Waals surface area contributed by atoms with Crippen LogP contribution in [0.1, 0.15) is 20.8 Å². The van der Waals surface area contributed by atoms with E-state index in [1.807, 2.05) is 0 Å². The van der Waals surface area contributed by atoms with Crippen LogP contribution in [0.2, 0.25) is 5.02 Å². The van der Waals surface area contributed by atoms with Crippen LogP contribution in [0.25, 0.3) is 0 Å². The summed E-state index contributed by atoms with van der Waals surface area (Å²) >= 11 is 5.78. The number of nitrogens with one attached hydrogen (secondary N) is 1. The van der Waals surface area contributed by atoms with Gasteiger partial charge in [0.15, 0.2) is 0 Å². The van der Waals surface area contributed by atoms with Gasteiger partial charge in [0.2, 0.25) is 0 Å². The second kappa shape index (κ2) is 5.66. The highest BCUT2D eigenvalue weighted by Gasteiger charge is 2.11. The first-order valence-corrected chi connectivity index (χ1v) is 5.81. The van der Waals surface area contributed by atoms with Crippen molar-refractivity contribution in [2.45, 2.75) is 0 Å². The topological polar surface area (TPSA) is 79.3 Å². The van der Waals surface area contributed by atoms with Crippen LogP contribution in [0.4, 0.5) is 10.1 Å². The lowest BCUT2D eigenvalue weighted by Crippen LogP contribution is -2.14. The number of benzene rings is 1. The van der Waals surface area contributed by atoms with Gasteiger partial charge in [-0.25, -0.2) is 9.18 Å². The third-order valence-corrected chi connectivity index (χ3v) is 2.74. The molecule has 7 heteroatoms. The molecule has 0 unspecified atom stereocenters. The van der Waals surface area contributed by atoms with E-state index in [2.05, 4.69) is 10.3 Å². The minimum Gasteiger partial charge on any atom is -0.478 e. The van der Waals surface area contributed by atoms with Gasteiger partial charge in [-0.05, 0) is 30.3 Å². The second-order valence-electron chi connectivity index (χ2n) is 3.82. The maximum atomic E-state index is 12.9. The molecule has 0 saturated heterocycles. The molecule has 0 aliphatic carbocycles. The summed E-state index contributed by atoms with van der Waals surface area (Å²) in [6.07, 6.45) is 1.07. The molecule has 0 aliphatic heterocycles. The van der Waals surface area contributed by atoms with Gasteiger partial charge in [-0.1, -0.05) is 11.6 Å². The molecular weight excluding hydrogens is 287 g/mol. The molecule has 0 radical (unpaired) electrons. The lowest BCUT2D eigenvalue weighted by Gasteiger charge is -2.06. The van der Waals surface area contributed by atoms with E-state index in [1.165, 1.54) is 18.2 Å². The van der Waals surface area contributed by atoms with Crippen molar-refractivity contribution in [2.75, 3.05) is 5.32 Å². The Morgan fingerprint density at radius 2 is 2.00 bits per heavy atom. The summed E-state index contributed by atoms with van der Waals surface area (Å²) in [6, 6.07) is 6.08. The molecule has 0 fully saturated rings. The number of halogens is 2. The number of nitrogens with zero attached hydrogens (tertiary/aromatic N) is 1. The van der Waals surface area contributed by atoms with Crippen LogP contribution in [-0.2, 0) is 0 Å². The van der Waals surface area contributed by atoms with Crippen LogP contribution >= 0.6 is 11.6 Å². The van der Waals surface area contributed by atoms with E-state index in [0.29, 0.717) is 0 Å². The van der Waals surface area contributed by atoms with Crippen LogP contribution < -0.4 is 5.32 Å². The smallest absolute Gasteiger partial charge is 0.337 e. The number of carboxylic acids is 1. The maximum absolute atomic E-state index is 12.9. The SMILES string of the molecule is O=C(O)c1ccc(C(=O)Nc2ccc(F)cc2Cl)nc1. The number of carboxylic acid groups (broad SMARTS) is 1. The van der Waals surface area contributed by atoms with E-state index in [-0.39, 0.29) is 22.0 Å². The normalized spacial score (nSPS) is 10.1. The Kier molecular flexibility index (Phi) is 3.95. The first-order valence-electron chi connectivity index (χ1n) is 5.43. The fraction of sp³-hybridized carbons (Fsp3) is 0. The summed E-state index contributed by atoms with van der Waals surface area (Å²) in [5.41, 5.74) is 0.235. The molecule has 2 rings (SSSR count). The van der Waals surface area contributed by atoms with Gasteiger partial charge in [-0.3, -0.25) is 9.78 Å². The molecule has 1 heterocycles. The van der Waals surface area contributed by atoms with Crippen molar-refractivity contribution in [3.05, 3.63) is 58.6 Å². The molecule has 2 aromatic rings. The molecule has 5 nitrogen and oxygen atoms in total. The Bertz CT molecular complexity index is 674. The van der Waals surface area contributed by atoms with E-state index < -0.39 is 17.7 Å². The van der Waals surface area contributed by atoms with Crippen molar-refractivity contribution in [1.82, 2.24) is 4.98 Å². The van der Waals surface area contributed by atoms with Gasteiger partial charge in [0.1, 0.15) is 11.5 Å². The molecule has 1 aromatic heterocycles. The zero-order valence-corrected chi connectivity index (χ0v) is 10.7. The summed E-state index contributed by atoms with van der Waals surface area (Å²) in [5.74, 6) is -2.22. The summed E-state index contributed by atoms with van der Waals surface area (Å²) in [7, 11) is 0. The van der Waals surface area contributed by atoms with E-state index in [1.54, 1.807) is 0 Å². The largest absolute Gasteiger partial charge is 0.478 e. The average molecular weight is 295 g/mol. The molecule has 2 N–H and O–H groups in total. The highest BCUT2D eigenvalue weighted by molar-refractivity contribution is 6.33. The lowest BCUT2D eigenvalue weighted by atomic mass is 10.2. The number of hydrogen-bond donors (Lipinski definition) is 2. The molecule has 1 amide bonds. The van der Waals surface area contributed by atoms with Crippen molar-refractivity contribution in [3.8, 4) is 0 Å². The van der Waals surface area contributed by atoms with Crippen LogP contribution in [0, 0.1) is 5.82 Å². The number of hydrogen-bond acceptors (Lipinski definition) is 3. The maximum Gasteiger partial charge on any atom is 0.337 e. The molecule has 0 atom stereocenters. The van der Waals surface area contributed by atoms with Gasteiger partial charge < -0.3 is 10.4 Å². The molecule has 1 aromatic carbocycles. The number of carbonyl (C=O) groups excluding carboxylic acids is 1. The molecule has 20 heavy (non-hydrogen) atoms. The first-order chi connectivity index (χ1) is 9.47. The van der Waals surface area contributed by atoms with Crippen molar-refractivity contribution < 1.29 is 19.1 Å². The third kappa shape index (κ3) is 3.10. The minimum atomic E-state index is -1.13. The molecule has 102 valence electrons. The van der Waals surface area contributed by atoms with Crippen LogP contribution in [-0.4, -0.2) is 22.0 Å².